The summed E-state index contributed by atoms with van der Waals surface area (Å²) in [5.74, 6) is -1.74. The number of hydrogen-bond donors (Lipinski definition) is 1. The van der Waals surface area contributed by atoms with E-state index in [4.69, 9.17) is 0 Å². The normalized spacial score (nSPS) is 10.9. The molecule has 0 heterocycles. The smallest absolute Gasteiger partial charge is 0.159 e. The van der Waals surface area contributed by atoms with Crippen LogP contribution in [0.4, 0.5) is 25.8 Å². The molecule has 3 rings (SSSR count). The zero-order valence-corrected chi connectivity index (χ0v) is 12.2. The zero-order valence-electron chi connectivity index (χ0n) is 12.2. The molecule has 0 aliphatic heterocycles. The van der Waals surface area contributed by atoms with Gasteiger partial charge < -0.3 is 5.32 Å². The van der Waals surface area contributed by atoms with Crippen molar-refractivity contribution in [1.82, 2.24) is 0 Å². The molecule has 3 aromatic carbocycles. The number of benzene rings is 3. The lowest BCUT2D eigenvalue weighted by molar-refractivity contribution is 0.508. The first kappa shape index (κ1) is 14.9. The van der Waals surface area contributed by atoms with Crippen LogP contribution in [0.5, 0.6) is 0 Å². The summed E-state index contributed by atoms with van der Waals surface area (Å²) in [5, 5.41) is 3.28. The average Bonchev–Trinajstić information content (AvgIpc) is 2.58. The Kier molecular flexibility index (Phi) is 4.43. The number of aliphatic imine (C=N–C) groups is 1. The third-order valence-electron chi connectivity index (χ3n) is 3.24. The van der Waals surface area contributed by atoms with Gasteiger partial charge in [0.15, 0.2) is 11.6 Å². The standard InChI is InChI=1S/C19H14F2N2/c20-18-11-6-14(12-19(18)21)13-22-15-7-9-17(10-8-15)23-16-4-2-1-3-5-16/h1-13,23H. The molecule has 0 saturated heterocycles. The maximum atomic E-state index is 13.1. The summed E-state index contributed by atoms with van der Waals surface area (Å²) >= 11 is 0. The van der Waals surface area contributed by atoms with E-state index in [1.807, 2.05) is 54.6 Å². The third-order valence-corrected chi connectivity index (χ3v) is 3.24. The van der Waals surface area contributed by atoms with E-state index in [0.29, 0.717) is 5.56 Å². The number of nitrogens with zero attached hydrogens (tertiary/aromatic N) is 1. The van der Waals surface area contributed by atoms with E-state index in [0.717, 1.165) is 29.2 Å². The van der Waals surface area contributed by atoms with Crippen LogP contribution in [-0.2, 0) is 0 Å². The molecule has 0 aromatic heterocycles. The van der Waals surface area contributed by atoms with E-state index in [9.17, 15) is 8.78 Å². The monoisotopic (exact) mass is 308 g/mol. The molecule has 4 heteroatoms. The number of halogens is 2. The Morgan fingerprint density at radius 3 is 2.13 bits per heavy atom. The van der Waals surface area contributed by atoms with Gasteiger partial charge >= 0.3 is 0 Å². The lowest BCUT2D eigenvalue weighted by Crippen LogP contribution is -1.89. The molecule has 0 unspecified atom stereocenters. The van der Waals surface area contributed by atoms with Gasteiger partial charge in [0.25, 0.3) is 0 Å². The molecule has 2 nitrogen and oxygen atoms in total. The molecule has 0 aliphatic rings. The van der Waals surface area contributed by atoms with Gasteiger partial charge in [0, 0.05) is 17.6 Å². The summed E-state index contributed by atoms with van der Waals surface area (Å²) in [6.45, 7) is 0. The third kappa shape index (κ3) is 4.01. The van der Waals surface area contributed by atoms with Crippen LogP contribution in [0, 0.1) is 11.6 Å². The highest BCUT2D eigenvalue weighted by Gasteiger charge is 2.00. The highest BCUT2D eigenvalue weighted by atomic mass is 19.2. The molecule has 0 aliphatic carbocycles. The van der Waals surface area contributed by atoms with E-state index in [2.05, 4.69) is 10.3 Å². The second-order valence-electron chi connectivity index (χ2n) is 4.97. The van der Waals surface area contributed by atoms with Crippen LogP contribution in [-0.4, -0.2) is 6.21 Å². The molecule has 0 amide bonds. The van der Waals surface area contributed by atoms with Crippen molar-refractivity contribution in [3.63, 3.8) is 0 Å². The fraction of sp³-hybridized carbons (Fsp3) is 0. The lowest BCUT2D eigenvalue weighted by atomic mass is 10.2. The molecule has 0 spiro atoms. The number of hydrogen-bond acceptors (Lipinski definition) is 2. The summed E-state index contributed by atoms with van der Waals surface area (Å²) in [5.41, 5.74) is 3.19. The van der Waals surface area contributed by atoms with Crippen molar-refractivity contribution >= 4 is 23.3 Å². The molecular weight excluding hydrogens is 294 g/mol. The highest BCUT2D eigenvalue weighted by molar-refractivity contribution is 5.82. The van der Waals surface area contributed by atoms with E-state index in [-0.39, 0.29) is 0 Å². The number of anilines is 2. The first-order valence-electron chi connectivity index (χ1n) is 7.12. The van der Waals surface area contributed by atoms with Gasteiger partial charge in [-0.1, -0.05) is 24.3 Å². The van der Waals surface area contributed by atoms with E-state index in [1.165, 1.54) is 12.3 Å². The molecular formula is C19H14F2N2. The summed E-state index contributed by atoms with van der Waals surface area (Å²) in [4.78, 5) is 4.25. The number of para-hydroxylation sites is 1. The molecule has 1 N–H and O–H groups in total. The van der Waals surface area contributed by atoms with E-state index in [1.54, 1.807) is 0 Å². The average molecular weight is 308 g/mol. The minimum absolute atomic E-state index is 0.510. The van der Waals surface area contributed by atoms with Crippen LogP contribution in [0.25, 0.3) is 0 Å². The largest absolute Gasteiger partial charge is 0.356 e. The fourth-order valence-electron chi connectivity index (χ4n) is 2.06. The Balaban J connectivity index is 1.69. The van der Waals surface area contributed by atoms with Crippen molar-refractivity contribution in [3.8, 4) is 0 Å². The summed E-state index contributed by atoms with van der Waals surface area (Å²) in [7, 11) is 0. The van der Waals surface area contributed by atoms with Crippen molar-refractivity contribution in [2.45, 2.75) is 0 Å². The molecule has 0 fully saturated rings. The van der Waals surface area contributed by atoms with Crippen molar-refractivity contribution in [1.29, 1.82) is 0 Å². The SMILES string of the molecule is Fc1ccc(C=Nc2ccc(Nc3ccccc3)cc2)cc1F. The Morgan fingerprint density at radius 2 is 1.43 bits per heavy atom. The van der Waals surface area contributed by atoms with Crippen LogP contribution in [0.2, 0.25) is 0 Å². The molecule has 0 radical (unpaired) electrons. The number of nitrogens with one attached hydrogen (secondary N) is 1. The minimum atomic E-state index is -0.878. The summed E-state index contributed by atoms with van der Waals surface area (Å²) < 4.78 is 26.0. The fourth-order valence-corrected chi connectivity index (χ4v) is 2.06. The Labute approximate surface area is 133 Å². The van der Waals surface area contributed by atoms with Crippen LogP contribution >= 0.6 is 0 Å². The molecule has 0 atom stereocenters. The van der Waals surface area contributed by atoms with Crippen LogP contribution in [0.3, 0.4) is 0 Å². The maximum absolute atomic E-state index is 13.1. The van der Waals surface area contributed by atoms with Gasteiger partial charge in [-0.05, 0) is 54.1 Å². The molecule has 0 bridgehead atoms. The Hall–Kier alpha value is -3.01. The predicted octanol–water partition coefficient (Wildman–Crippen LogP) is 5.46. The first-order valence-corrected chi connectivity index (χ1v) is 7.12. The summed E-state index contributed by atoms with van der Waals surface area (Å²) in [6.07, 6.45) is 1.50. The zero-order chi connectivity index (χ0) is 16.1. The van der Waals surface area contributed by atoms with Gasteiger partial charge in [-0.3, -0.25) is 4.99 Å². The topological polar surface area (TPSA) is 24.4 Å². The Morgan fingerprint density at radius 1 is 0.739 bits per heavy atom. The maximum Gasteiger partial charge on any atom is 0.159 e. The Bertz CT molecular complexity index is 813. The van der Waals surface area contributed by atoms with Gasteiger partial charge in [0.05, 0.1) is 5.69 Å². The quantitative estimate of drug-likeness (QED) is 0.636. The van der Waals surface area contributed by atoms with Crippen LogP contribution in [0.15, 0.2) is 77.8 Å². The second-order valence-corrected chi connectivity index (χ2v) is 4.97. The molecule has 3 aromatic rings. The van der Waals surface area contributed by atoms with Gasteiger partial charge in [-0.25, -0.2) is 8.78 Å². The second kappa shape index (κ2) is 6.83. The highest BCUT2D eigenvalue weighted by Crippen LogP contribution is 2.20. The van der Waals surface area contributed by atoms with Crippen molar-refractivity contribution in [2.24, 2.45) is 4.99 Å². The van der Waals surface area contributed by atoms with Gasteiger partial charge in [0.2, 0.25) is 0 Å². The van der Waals surface area contributed by atoms with Crippen LogP contribution < -0.4 is 5.32 Å². The van der Waals surface area contributed by atoms with Crippen molar-refractivity contribution < 1.29 is 8.78 Å². The van der Waals surface area contributed by atoms with Crippen LogP contribution in [0.1, 0.15) is 5.56 Å². The molecule has 0 saturated carbocycles. The van der Waals surface area contributed by atoms with Gasteiger partial charge in [0.1, 0.15) is 0 Å². The molecule has 23 heavy (non-hydrogen) atoms. The van der Waals surface area contributed by atoms with E-state index >= 15 is 0 Å². The van der Waals surface area contributed by atoms with Gasteiger partial charge in [-0.2, -0.15) is 0 Å². The van der Waals surface area contributed by atoms with Crippen molar-refractivity contribution in [2.75, 3.05) is 5.32 Å². The first-order chi connectivity index (χ1) is 11.2. The predicted molar refractivity (Wildman–Crippen MR) is 89.8 cm³/mol. The summed E-state index contributed by atoms with van der Waals surface area (Å²) in [6, 6.07) is 21.0. The minimum Gasteiger partial charge on any atom is -0.356 e. The molecule has 114 valence electrons. The van der Waals surface area contributed by atoms with E-state index < -0.39 is 11.6 Å². The lowest BCUT2D eigenvalue weighted by Gasteiger charge is -2.06. The van der Waals surface area contributed by atoms with Gasteiger partial charge in [-0.15, -0.1) is 0 Å². The number of rotatable bonds is 4. The van der Waals surface area contributed by atoms with Crippen molar-refractivity contribution in [3.05, 3.63) is 90.0 Å².